The summed E-state index contributed by atoms with van der Waals surface area (Å²) < 4.78 is 41.0. The predicted molar refractivity (Wildman–Crippen MR) is 93.6 cm³/mol. The molecule has 0 fully saturated rings. The van der Waals surface area contributed by atoms with E-state index in [-0.39, 0.29) is 11.4 Å². The topological polar surface area (TPSA) is 46.4 Å². The molecule has 2 heterocycles. The number of hydrogen-bond acceptors (Lipinski definition) is 2. The number of alkyl halides is 3. The van der Waals surface area contributed by atoms with Crippen LogP contribution in [0, 0.1) is 0 Å². The Labute approximate surface area is 152 Å². The number of imidazole rings is 1. The maximum atomic E-state index is 13.2. The third-order valence-electron chi connectivity index (χ3n) is 3.84. The molecular formula is C18H15ClF3N3O. The van der Waals surface area contributed by atoms with Gasteiger partial charge in [0.15, 0.2) is 0 Å². The van der Waals surface area contributed by atoms with Crippen molar-refractivity contribution in [3.05, 3.63) is 64.6 Å². The number of benzene rings is 1. The van der Waals surface area contributed by atoms with Crippen LogP contribution in [-0.2, 0) is 12.6 Å². The maximum Gasteiger partial charge on any atom is 0.418 e. The van der Waals surface area contributed by atoms with Crippen LogP contribution in [0.5, 0.6) is 0 Å². The number of para-hydroxylation sites is 1. The number of aromatic nitrogens is 2. The van der Waals surface area contributed by atoms with E-state index in [0.717, 1.165) is 12.5 Å². The van der Waals surface area contributed by atoms with Gasteiger partial charge in [-0.3, -0.25) is 9.20 Å². The number of nitrogens with one attached hydrogen (secondary N) is 1. The lowest BCUT2D eigenvalue weighted by Gasteiger charge is -2.14. The molecule has 2 aromatic heterocycles. The molecule has 0 spiro atoms. The average molecular weight is 382 g/mol. The second-order valence-electron chi connectivity index (χ2n) is 5.73. The van der Waals surface area contributed by atoms with Crippen molar-refractivity contribution in [1.82, 2.24) is 9.38 Å². The van der Waals surface area contributed by atoms with E-state index in [1.54, 1.807) is 12.1 Å². The van der Waals surface area contributed by atoms with Gasteiger partial charge in [-0.15, -0.1) is 0 Å². The predicted octanol–water partition coefficient (Wildman–Crippen LogP) is 5.21. The zero-order chi connectivity index (χ0) is 18.9. The number of aryl methyl sites for hydroxylation is 1. The third-order valence-corrected chi connectivity index (χ3v) is 4.06. The fraction of sp³-hybridized carbons (Fsp3) is 0.222. The van der Waals surface area contributed by atoms with Gasteiger partial charge >= 0.3 is 6.18 Å². The van der Waals surface area contributed by atoms with Gasteiger partial charge in [0.2, 0.25) is 0 Å². The molecule has 1 aromatic carbocycles. The Hall–Kier alpha value is -2.54. The molecule has 0 aliphatic heterocycles. The third kappa shape index (κ3) is 3.53. The SMILES string of the molecule is CCCc1nc2ccc(Cl)cn2c1C(=O)Nc1ccccc1C(F)(F)F. The molecule has 0 bridgehead atoms. The van der Waals surface area contributed by atoms with E-state index in [1.807, 2.05) is 6.92 Å². The van der Waals surface area contributed by atoms with Crippen LogP contribution >= 0.6 is 11.6 Å². The van der Waals surface area contributed by atoms with Gasteiger partial charge in [-0.1, -0.05) is 37.1 Å². The summed E-state index contributed by atoms with van der Waals surface area (Å²) in [6, 6.07) is 8.14. The number of rotatable bonds is 4. The molecule has 0 aliphatic rings. The van der Waals surface area contributed by atoms with E-state index < -0.39 is 17.6 Å². The number of pyridine rings is 1. The van der Waals surface area contributed by atoms with Crippen molar-refractivity contribution >= 4 is 28.8 Å². The van der Waals surface area contributed by atoms with Gasteiger partial charge in [0, 0.05) is 6.20 Å². The van der Waals surface area contributed by atoms with Crippen molar-refractivity contribution in [2.75, 3.05) is 5.32 Å². The minimum Gasteiger partial charge on any atom is -0.320 e. The number of amides is 1. The molecule has 1 amide bonds. The van der Waals surface area contributed by atoms with Crippen molar-refractivity contribution in [2.24, 2.45) is 0 Å². The highest BCUT2D eigenvalue weighted by atomic mass is 35.5. The smallest absolute Gasteiger partial charge is 0.320 e. The lowest BCUT2D eigenvalue weighted by atomic mass is 10.1. The fourth-order valence-electron chi connectivity index (χ4n) is 2.74. The Bertz CT molecular complexity index is 966. The standard InChI is InChI=1S/C18H15ClF3N3O/c1-2-5-14-16(25-10-11(19)8-9-15(25)23-14)17(26)24-13-7-4-3-6-12(13)18(20,21)22/h3-4,6-10H,2,5H2,1H3,(H,24,26). The fourth-order valence-corrected chi connectivity index (χ4v) is 2.90. The minimum atomic E-state index is -4.57. The number of hydrogen-bond donors (Lipinski definition) is 1. The summed E-state index contributed by atoms with van der Waals surface area (Å²) in [6.07, 6.45) is -1.80. The molecule has 1 N–H and O–H groups in total. The van der Waals surface area contributed by atoms with Gasteiger partial charge in [-0.2, -0.15) is 13.2 Å². The summed E-state index contributed by atoms with van der Waals surface area (Å²) in [7, 11) is 0. The molecule has 0 saturated carbocycles. The van der Waals surface area contributed by atoms with Crippen molar-refractivity contribution in [1.29, 1.82) is 0 Å². The highest BCUT2D eigenvalue weighted by Gasteiger charge is 2.34. The van der Waals surface area contributed by atoms with E-state index >= 15 is 0 Å². The summed E-state index contributed by atoms with van der Waals surface area (Å²) in [4.78, 5) is 17.2. The second-order valence-corrected chi connectivity index (χ2v) is 6.17. The van der Waals surface area contributed by atoms with Crippen molar-refractivity contribution in [3.63, 3.8) is 0 Å². The van der Waals surface area contributed by atoms with Crippen LogP contribution in [0.3, 0.4) is 0 Å². The van der Waals surface area contributed by atoms with Crippen LogP contribution in [0.1, 0.15) is 35.1 Å². The van der Waals surface area contributed by atoms with Crippen LogP contribution in [0.25, 0.3) is 5.65 Å². The summed E-state index contributed by atoms with van der Waals surface area (Å²) in [5.74, 6) is -0.667. The first kappa shape index (κ1) is 18.3. The molecule has 0 saturated heterocycles. The number of nitrogens with zero attached hydrogens (tertiary/aromatic N) is 2. The van der Waals surface area contributed by atoms with E-state index in [4.69, 9.17) is 11.6 Å². The first-order chi connectivity index (χ1) is 12.3. The van der Waals surface area contributed by atoms with Crippen molar-refractivity contribution < 1.29 is 18.0 Å². The van der Waals surface area contributed by atoms with Crippen LogP contribution in [0.4, 0.5) is 18.9 Å². The van der Waals surface area contributed by atoms with E-state index in [9.17, 15) is 18.0 Å². The van der Waals surface area contributed by atoms with Crippen LogP contribution < -0.4 is 5.32 Å². The number of fused-ring (bicyclic) bond motifs is 1. The van der Waals surface area contributed by atoms with Crippen molar-refractivity contribution in [2.45, 2.75) is 25.9 Å². The van der Waals surface area contributed by atoms with Crippen LogP contribution in [0.15, 0.2) is 42.6 Å². The van der Waals surface area contributed by atoms with Crippen LogP contribution in [-0.4, -0.2) is 15.3 Å². The maximum absolute atomic E-state index is 13.2. The first-order valence-electron chi connectivity index (χ1n) is 7.95. The first-order valence-corrected chi connectivity index (χ1v) is 8.33. The van der Waals surface area contributed by atoms with Gasteiger partial charge in [0.05, 0.1) is 22.0 Å². The summed E-state index contributed by atoms with van der Waals surface area (Å²) in [5, 5.41) is 2.76. The summed E-state index contributed by atoms with van der Waals surface area (Å²) >= 11 is 6.00. The van der Waals surface area contributed by atoms with Gasteiger partial charge in [0.1, 0.15) is 11.3 Å². The molecule has 136 valence electrons. The van der Waals surface area contributed by atoms with E-state index in [0.29, 0.717) is 22.8 Å². The summed E-state index contributed by atoms with van der Waals surface area (Å²) in [6.45, 7) is 1.93. The lowest BCUT2D eigenvalue weighted by Crippen LogP contribution is -2.19. The molecule has 0 radical (unpaired) electrons. The monoisotopic (exact) mass is 381 g/mol. The van der Waals surface area contributed by atoms with Crippen LogP contribution in [0.2, 0.25) is 5.02 Å². The quantitative estimate of drug-likeness (QED) is 0.674. The minimum absolute atomic E-state index is 0.182. The van der Waals surface area contributed by atoms with E-state index in [1.165, 1.54) is 28.8 Å². The van der Waals surface area contributed by atoms with E-state index in [2.05, 4.69) is 10.3 Å². The molecule has 4 nitrogen and oxygen atoms in total. The Balaban J connectivity index is 2.06. The molecule has 8 heteroatoms. The molecule has 0 aliphatic carbocycles. The second kappa shape index (κ2) is 6.99. The van der Waals surface area contributed by atoms with Crippen molar-refractivity contribution in [3.8, 4) is 0 Å². The molecule has 3 rings (SSSR count). The molecule has 0 atom stereocenters. The average Bonchev–Trinajstić information content (AvgIpc) is 2.92. The van der Waals surface area contributed by atoms with Gasteiger partial charge in [0.25, 0.3) is 5.91 Å². The molecule has 3 aromatic rings. The normalized spacial score (nSPS) is 11.7. The Morgan fingerprint density at radius 2 is 1.96 bits per heavy atom. The number of anilines is 1. The lowest BCUT2D eigenvalue weighted by molar-refractivity contribution is -0.136. The summed E-state index contributed by atoms with van der Waals surface area (Å²) in [5.41, 5.74) is -0.00754. The van der Waals surface area contributed by atoms with Gasteiger partial charge in [-0.05, 0) is 30.7 Å². The Morgan fingerprint density at radius 3 is 2.65 bits per heavy atom. The van der Waals surface area contributed by atoms with Gasteiger partial charge in [-0.25, -0.2) is 4.98 Å². The molecular weight excluding hydrogens is 367 g/mol. The highest BCUT2D eigenvalue weighted by molar-refractivity contribution is 6.30. The molecule has 26 heavy (non-hydrogen) atoms. The largest absolute Gasteiger partial charge is 0.418 e. The number of carbonyl (C=O) groups is 1. The number of halogens is 4. The van der Waals surface area contributed by atoms with Gasteiger partial charge < -0.3 is 5.32 Å². The highest BCUT2D eigenvalue weighted by Crippen LogP contribution is 2.34. The number of carbonyl (C=O) groups excluding carboxylic acids is 1. The zero-order valence-electron chi connectivity index (χ0n) is 13.8. The Kier molecular flexibility index (Phi) is 4.91. The zero-order valence-corrected chi connectivity index (χ0v) is 14.5. The Morgan fingerprint density at radius 1 is 1.23 bits per heavy atom. The molecule has 0 unspecified atom stereocenters.